The lowest BCUT2D eigenvalue weighted by atomic mass is 9.91. The van der Waals surface area contributed by atoms with E-state index in [2.05, 4.69) is 12.2 Å². The van der Waals surface area contributed by atoms with Gasteiger partial charge in [0, 0.05) is 5.54 Å². The van der Waals surface area contributed by atoms with E-state index in [1.165, 1.54) is 0 Å². The number of amides is 2. The van der Waals surface area contributed by atoms with E-state index in [-0.39, 0.29) is 41.3 Å². The highest BCUT2D eigenvalue weighted by atomic mass is 16.2. The second-order valence-corrected chi connectivity index (χ2v) is 6.62. The molecule has 2 aliphatic rings. The minimum Gasteiger partial charge on any atom is -0.342 e. The number of nitrogens with one attached hydrogen (secondary N) is 1. The van der Waals surface area contributed by atoms with Gasteiger partial charge in [0.1, 0.15) is 12.1 Å². The van der Waals surface area contributed by atoms with Gasteiger partial charge in [0.05, 0.1) is 0 Å². The van der Waals surface area contributed by atoms with Gasteiger partial charge in [-0.05, 0) is 31.6 Å². The highest BCUT2D eigenvalue weighted by molar-refractivity contribution is 5.98. The summed E-state index contributed by atoms with van der Waals surface area (Å²) in [5.74, 6) is 0.402. The smallest absolute Gasteiger partial charge is 0.246 e. The van der Waals surface area contributed by atoms with Gasteiger partial charge in [-0.15, -0.1) is 0 Å². The van der Waals surface area contributed by atoms with E-state index in [9.17, 15) is 9.59 Å². The van der Waals surface area contributed by atoms with Crippen LogP contribution in [-0.2, 0) is 9.59 Å². The Kier molecular flexibility index (Phi) is 3.16. The van der Waals surface area contributed by atoms with Gasteiger partial charge in [0.25, 0.3) is 0 Å². The molecule has 0 bridgehead atoms. The van der Waals surface area contributed by atoms with Crippen LogP contribution in [0.2, 0.25) is 0 Å². The summed E-state index contributed by atoms with van der Waals surface area (Å²) in [6.45, 7) is 10.1. The maximum atomic E-state index is 12.6. The summed E-state index contributed by atoms with van der Waals surface area (Å²) in [6.07, 6.45) is 2.03. The summed E-state index contributed by atoms with van der Waals surface area (Å²) >= 11 is 0. The maximum absolute atomic E-state index is 12.6. The first-order valence-corrected chi connectivity index (χ1v) is 6.91. The van der Waals surface area contributed by atoms with Crippen LogP contribution in [0.1, 0.15) is 47.5 Å². The van der Waals surface area contributed by atoms with E-state index in [0.29, 0.717) is 0 Å². The van der Waals surface area contributed by atoms with Crippen molar-refractivity contribution in [1.82, 2.24) is 10.2 Å². The van der Waals surface area contributed by atoms with Crippen LogP contribution in [0.15, 0.2) is 0 Å². The molecule has 1 saturated heterocycles. The number of hydrogen-bond acceptors (Lipinski definition) is 2. The third-order valence-corrected chi connectivity index (χ3v) is 4.20. The van der Waals surface area contributed by atoms with E-state index in [1.54, 1.807) is 0 Å². The van der Waals surface area contributed by atoms with Gasteiger partial charge < -0.3 is 10.2 Å². The number of carbonyl (C=O) groups is 2. The van der Waals surface area contributed by atoms with E-state index in [4.69, 9.17) is 0 Å². The number of carbonyl (C=O) groups excluding carboxylic acids is 2. The molecular weight excluding hydrogens is 228 g/mol. The SMILES string of the molecule is CC(C)C1NC(=O)C(C(C)C)N(C2(C)CC2)C1=O. The van der Waals surface area contributed by atoms with Crippen LogP contribution in [0.4, 0.5) is 0 Å². The second-order valence-electron chi connectivity index (χ2n) is 6.62. The number of nitrogens with zero attached hydrogens (tertiary/aromatic N) is 1. The Morgan fingerprint density at radius 1 is 1.17 bits per heavy atom. The Bertz CT molecular complexity index is 372. The molecule has 2 rings (SSSR count). The summed E-state index contributed by atoms with van der Waals surface area (Å²) in [6, 6.07) is -0.662. The topological polar surface area (TPSA) is 49.4 Å². The molecule has 0 aromatic carbocycles. The van der Waals surface area contributed by atoms with Crippen molar-refractivity contribution in [1.29, 1.82) is 0 Å². The van der Waals surface area contributed by atoms with Gasteiger partial charge in [0.15, 0.2) is 0 Å². The van der Waals surface area contributed by atoms with Crippen LogP contribution in [0.25, 0.3) is 0 Å². The lowest BCUT2D eigenvalue weighted by Crippen LogP contribution is -2.68. The normalized spacial score (nSPS) is 30.9. The first kappa shape index (κ1) is 13.4. The number of piperazine rings is 1. The van der Waals surface area contributed by atoms with E-state index >= 15 is 0 Å². The first-order valence-electron chi connectivity index (χ1n) is 6.91. The Hall–Kier alpha value is -1.06. The van der Waals surface area contributed by atoms with Crippen LogP contribution >= 0.6 is 0 Å². The van der Waals surface area contributed by atoms with Gasteiger partial charge in [-0.2, -0.15) is 0 Å². The van der Waals surface area contributed by atoms with Crippen LogP contribution in [0.5, 0.6) is 0 Å². The zero-order chi connectivity index (χ0) is 13.7. The number of rotatable bonds is 3. The van der Waals surface area contributed by atoms with Crippen molar-refractivity contribution in [2.75, 3.05) is 0 Å². The molecule has 1 aliphatic carbocycles. The third kappa shape index (κ3) is 2.02. The summed E-state index contributed by atoms with van der Waals surface area (Å²) in [5, 5.41) is 2.90. The average molecular weight is 252 g/mol. The van der Waals surface area contributed by atoms with E-state index < -0.39 is 0 Å². The molecule has 4 nitrogen and oxygen atoms in total. The monoisotopic (exact) mass is 252 g/mol. The van der Waals surface area contributed by atoms with Crippen molar-refractivity contribution >= 4 is 11.8 Å². The summed E-state index contributed by atoms with van der Waals surface area (Å²) in [7, 11) is 0. The van der Waals surface area contributed by atoms with Crippen molar-refractivity contribution in [3.05, 3.63) is 0 Å². The van der Waals surface area contributed by atoms with E-state index in [1.807, 2.05) is 32.6 Å². The van der Waals surface area contributed by atoms with Crippen molar-refractivity contribution in [3.8, 4) is 0 Å². The molecule has 1 aliphatic heterocycles. The fourth-order valence-corrected chi connectivity index (χ4v) is 2.78. The first-order chi connectivity index (χ1) is 8.28. The lowest BCUT2D eigenvalue weighted by Gasteiger charge is -2.45. The zero-order valence-corrected chi connectivity index (χ0v) is 12.0. The molecule has 1 N–H and O–H groups in total. The van der Waals surface area contributed by atoms with Crippen molar-refractivity contribution in [2.24, 2.45) is 11.8 Å². The Balaban J connectivity index is 2.34. The Morgan fingerprint density at radius 3 is 2.11 bits per heavy atom. The van der Waals surface area contributed by atoms with Crippen molar-refractivity contribution in [2.45, 2.75) is 65.1 Å². The maximum Gasteiger partial charge on any atom is 0.246 e. The number of hydrogen-bond donors (Lipinski definition) is 1. The largest absolute Gasteiger partial charge is 0.342 e. The fourth-order valence-electron chi connectivity index (χ4n) is 2.78. The molecule has 0 aromatic heterocycles. The molecule has 1 saturated carbocycles. The van der Waals surface area contributed by atoms with Gasteiger partial charge in [0.2, 0.25) is 11.8 Å². The molecule has 2 amide bonds. The molecule has 0 radical (unpaired) electrons. The summed E-state index contributed by atoms with van der Waals surface area (Å²) < 4.78 is 0. The van der Waals surface area contributed by atoms with Gasteiger partial charge in [-0.25, -0.2) is 0 Å². The predicted octanol–water partition coefficient (Wildman–Crippen LogP) is 1.55. The summed E-state index contributed by atoms with van der Waals surface area (Å²) in [5.41, 5.74) is -0.0864. The van der Waals surface area contributed by atoms with Crippen LogP contribution in [-0.4, -0.2) is 34.3 Å². The Labute approximate surface area is 109 Å². The van der Waals surface area contributed by atoms with Gasteiger partial charge >= 0.3 is 0 Å². The highest BCUT2D eigenvalue weighted by Gasteiger charge is 2.55. The standard InChI is InChI=1S/C14H24N2O2/c1-8(2)10-13(18)16(14(5)6-7-14)11(9(3)4)12(17)15-10/h8-11H,6-7H2,1-5H3,(H,15,17). The van der Waals surface area contributed by atoms with Crippen LogP contribution < -0.4 is 5.32 Å². The van der Waals surface area contributed by atoms with Crippen molar-refractivity contribution in [3.63, 3.8) is 0 Å². The summed E-state index contributed by atoms with van der Waals surface area (Å²) in [4.78, 5) is 26.8. The van der Waals surface area contributed by atoms with E-state index in [0.717, 1.165) is 12.8 Å². The van der Waals surface area contributed by atoms with Crippen molar-refractivity contribution < 1.29 is 9.59 Å². The fraction of sp³-hybridized carbons (Fsp3) is 0.857. The second kappa shape index (κ2) is 4.25. The molecule has 102 valence electrons. The minimum absolute atomic E-state index is 0.0106. The molecule has 0 spiro atoms. The zero-order valence-electron chi connectivity index (χ0n) is 12.0. The Morgan fingerprint density at radius 2 is 1.72 bits per heavy atom. The molecule has 2 atom stereocenters. The lowest BCUT2D eigenvalue weighted by molar-refractivity contribution is -0.156. The average Bonchev–Trinajstić information content (AvgIpc) is 2.98. The third-order valence-electron chi connectivity index (χ3n) is 4.20. The molecular formula is C14H24N2O2. The van der Waals surface area contributed by atoms with Gasteiger partial charge in [-0.3, -0.25) is 9.59 Å². The molecule has 1 heterocycles. The minimum atomic E-state index is -0.357. The van der Waals surface area contributed by atoms with Crippen LogP contribution in [0, 0.1) is 11.8 Å². The molecule has 18 heavy (non-hydrogen) atoms. The molecule has 0 aromatic rings. The highest BCUT2D eigenvalue weighted by Crippen LogP contribution is 2.44. The van der Waals surface area contributed by atoms with Gasteiger partial charge in [-0.1, -0.05) is 27.7 Å². The predicted molar refractivity (Wildman–Crippen MR) is 69.9 cm³/mol. The quantitative estimate of drug-likeness (QED) is 0.828. The molecule has 2 fully saturated rings. The molecule has 2 unspecified atom stereocenters. The molecule has 4 heteroatoms. The van der Waals surface area contributed by atoms with Crippen LogP contribution in [0.3, 0.4) is 0 Å².